The summed E-state index contributed by atoms with van der Waals surface area (Å²) in [5.74, 6) is -2.50. The minimum Gasteiger partial charge on any atom is -0.370 e. The van der Waals surface area contributed by atoms with Crippen LogP contribution in [0.25, 0.3) is 11.0 Å². The molecule has 0 spiro atoms. The molecule has 3 heterocycles. The maximum absolute atomic E-state index is 14.8. The molecule has 1 saturated heterocycles. The van der Waals surface area contributed by atoms with Gasteiger partial charge in [-0.3, -0.25) is 0 Å². The predicted molar refractivity (Wildman–Crippen MR) is 125 cm³/mol. The van der Waals surface area contributed by atoms with Crippen LogP contribution >= 0.6 is 0 Å². The fourth-order valence-electron chi connectivity index (χ4n) is 4.72. The highest BCUT2D eigenvalue weighted by molar-refractivity contribution is 5.89. The molecular formula is C25H26F5N5O. The Morgan fingerprint density at radius 3 is 2.39 bits per heavy atom. The highest BCUT2D eigenvalue weighted by Crippen LogP contribution is 2.44. The molecule has 2 N–H and O–H groups in total. The second-order valence-electron chi connectivity index (χ2n) is 9.73. The Morgan fingerprint density at radius 1 is 1.08 bits per heavy atom. The van der Waals surface area contributed by atoms with Crippen molar-refractivity contribution >= 4 is 22.7 Å². The van der Waals surface area contributed by atoms with Gasteiger partial charge >= 0.3 is 0 Å². The third-order valence-electron chi connectivity index (χ3n) is 6.91. The van der Waals surface area contributed by atoms with E-state index in [2.05, 4.69) is 25.6 Å². The monoisotopic (exact) mass is 507 g/mol. The fourth-order valence-corrected chi connectivity index (χ4v) is 4.72. The number of benzene rings is 1. The van der Waals surface area contributed by atoms with E-state index < -0.39 is 41.4 Å². The first-order chi connectivity index (χ1) is 17.0. The zero-order chi connectivity index (χ0) is 25.8. The van der Waals surface area contributed by atoms with Crippen LogP contribution in [0.3, 0.4) is 0 Å². The lowest BCUT2D eigenvalue weighted by Gasteiger charge is -2.41. The number of nitrogens with zero attached hydrogens (tertiary/aromatic N) is 3. The number of hydrogen-bond acceptors (Lipinski definition) is 6. The van der Waals surface area contributed by atoms with Crippen LogP contribution in [0.1, 0.15) is 68.1 Å². The number of aryl methyl sites for hydroxylation is 1. The van der Waals surface area contributed by atoms with E-state index in [1.807, 2.05) is 6.92 Å². The molecule has 36 heavy (non-hydrogen) atoms. The van der Waals surface area contributed by atoms with Crippen molar-refractivity contribution in [2.45, 2.75) is 70.1 Å². The largest absolute Gasteiger partial charge is 0.370 e. The Morgan fingerprint density at radius 2 is 1.78 bits per heavy atom. The standard InChI is InChI=1S/C25H26F5N5O/c1-12(15-5-4-6-16(19(15)26)20(27)28)31-21-17-9-18(24(3)7-8-36-24)23(34-14-10-25(29,30)11-14)35-22(17)33-13(2)32-21/h4-6,9,12,14,20H,7-8,10-11H2,1-3H3,(H2,31,32,33,34,35)/t12-,24?/m1/s1. The second kappa shape index (κ2) is 8.79. The fraction of sp³-hybridized carbons (Fsp3) is 0.480. The Labute approximate surface area is 204 Å². The molecule has 2 atom stereocenters. The van der Waals surface area contributed by atoms with Crippen LogP contribution in [0.2, 0.25) is 0 Å². The van der Waals surface area contributed by atoms with E-state index in [-0.39, 0.29) is 18.4 Å². The van der Waals surface area contributed by atoms with Gasteiger partial charge in [-0.25, -0.2) is 36.9 Å². The molecule has 3 aromatic rings. The molecule has 0 radical (unpaired) electrons. The minimum atomic E-state index is -2.93. The molecule has 5 rings (SSSR count). The van der Waals surface area contributed by atoms with Crippen molar-refractivity contribution in [1.29, 1.82) is 0 Å². The van der Waals surface area contributed by atoms with Crippen LogP contribution in [0.5, 0.6) is 0 Å². The normalized spacial score (nSPS) is 22.2. The van der Waals surface area contributed by atoms with E-state index in [1.165, 1.54) is 12.1 Å². The molecule has 1 unspecified atom stereocenters. The van der Waals surface area contributed by atoms with Gasteiger partial charge < -0.3 is 15.4 Å². The SMILES string of the molecule is Cc1nc(N[C@H](C)c2cccc(C(F)F)c2F)c2cc(C3(C)CCO3)c(NC3CC(F)(F)C3)nc2n1. The van der Waals surface area contributed by atoms with Crippen molar-refractivity contribution in [2.75, 3.05) is 17.2 Å². The summed E-state index contributed by atoms with van der Waals surface area (Å²) in [5.41, 5.74) is -0.254. The smallest absolute Gasteiger partial charge is 0.266 e. The Hall–Kier alpha value is -3.08. The van der Waals surface area contributed by atoms with Crippen molar-refractivity contribution in [3.8, 4) is 0 Å². The van der Waals surface area contributed by atoms with Crippen LogP contribution in [-0.2, 0) is 10.3 Å². The van der Waals surface area contributed by atoms with E-state index >= 15 is 0 Å². The molecule has 1 saturated carbocycles. The molecule has 6 nitrogen and oxygen atoms in total. The van der Waals surface area contributed by atoms with Gasteiger partial charge in [0.05, 0.1) is 29.2 Å². The van der Waals surface area contributed by atoms with Crippen molar-refractivity contribution in [1.82, 2.24) is 15.0 Å². The zero-order valence-electron chi connectivity index (χ0n) is 20.0. The van der Waals surface area contributed by atoms with Crippen LogP contribution in [0.15, 0.2) is 24.3 Å². The van der Waals surface area contributed by atoms with Gasteiger partial charge in [-0.1, -0.05) is 18.2 Å². The van der Waals surface area contributed by atoms with Crippen molar-refractivity contribution in [2.24, 2.45) is 0 Å². The van der Waals surface area contributed by atoms with Crippen molar-refractivity contribution in [3.05, 3.63) is 52.6 Å². The number of hydrogen-bond donors (Lipinski definition) is 2. The van der Waals surface area contributed by atoms with Gasteiger partial charge in [-0.15, -0.1) is 0 Å². The Bertz CT molecular complexity index is 1310. The van der Waals surface area contributed by atoms with Gasteiger partial charge in [-0.05, 0) is 26.8 Å². The molecule has 1 aliphatic heterocycles. The Balaban J connectivity index is 1.54. The maximum Gasteiger partial charge on any atom is 0.266 e. The molecule has 192 valence electrons. The van der Waals surface area contributed by atoms with E-state index in [1.54, 1.807) is 19.9 Å². The Kier molecular flexibility index (Phi) is 6.01. The number of rotatable bonds is 7. The lowest BCUT2D eigenvalue weighted by molar-refractivity contribution is -0.140. The molecule has 0 bridgehead atoms. The van der Waals surface area contributed by atoms with Gasteiger partial charge in [0.15, 0.2) is 5.65 Å². The number of anilines is 2. The van der Waals surface area contributed by atoms with Crippen molar-refractivity contribution < 1.29 is 26.7 Å². The summed E-state index contributed by atoms with van der Waals surface area (Å²) in [6, 6.07) is 4.58. The predicted octanol–water partition coefficient (Wildman–Crippen LogP) is 6.43. The summed E-state index contributed by atoms with van der Waals surface area (Å²) in [5, 5.41) is 6.77. The summed E-state index contributed by atoms with van der Waals surface area (Å²) < 4.78 is 73.9. The number of halogens is 5. The van der Waals surface area contributed by atoms with E-state index in [4.69, 9.17) is 4.74 Å². The van der Waals surface area contributed by atoms with Crippen LogP contribution < -0.4 is 10.6 Å². The molecule has 0 amide bonds. The lowest BCUT2D eigenvalue weighted by atomic mass is 9.85. The van der Waals surface area contributed by atoms with Gasteiger partial charge in [0, 0.05) is 36.4 Å². The van der Waals surface area contributed by atoms with Crippen LogP contribution in [0.4, 0.5) is 33.6 Å². The molecular weight excluding hydrogens is 481 g/mol. The quantitative estimate of drug-likeness (QED) is 0.359. The average Bonchev–Trinajstić information content (AvgIpc) is 2.75. The summed E-state index contributed by atoms with van der Waals surface area (Å²) in [7, 11) is 0. The summed E-state index contributed by atoms with van der Waals surface area (Å²) in [6.07, 6.45) is -2.77. The molecule has 2 aliphatic rings. The topological polar surface area (TPSA) is 72.0 Å². The number of nitrogens with one attached hydrogen (secondary N) is 2. The number of pyridine rings is 1. The first-order valence-corrected chi connectivity index (χ1v) is 11.8. The molecule has 1 aliphatic carbocycles. The summed E-state index contributed by atoms with van der Waals surface area (Å²) >= 11 is 0. The lowest BCUT2D eigenvalue weighted by Crippen LogP contribution is -2.45. The van der Waals surface area contributed by atoms with E-state index in [9.17, 15) is 22.0 Å². The van der Waals surface area contributed by atoms with Crippen LogP contribution in [0, 0.1) is 12.7 Å². The minimum absolute atomic E-state index is 0.0730. The molecule has 2 aromatic heterocycles. The number of ether oxygens (including phenoxy) is 1. The summed E-state index contributed by atoms with van der Waals surface area (Å²) in [4.78, 5) is 13.5. The number of alkyl halides is 4. The van der Waals surface area contributed by atoms with Gasteiger partial charge in [-0.2, -0.15) is 0 Å². The number of aromatic nitrogens is 3. The van der Waals surface area contributed by atoms with Gasteiger partial charge in [0.2, 0.25) is 0 Å². The molecule has 2 fully saturated rings. The molecule has 11 heteroatoms. The average molecular weight is 508 g/mol. The second-order valence-corrected chi connectivity index (χ2v) is 9.73. The van der Waals surface area contributed by atoms with E-state index in [0.717, 1.165) is 6.07 Å². The third kappa shape index (κ3) is 4.44. The maximum atomic E-state index is 14.8. The molecule has 1 aromatic carbocycles. The first kappa shape index (κ1) is 24.6. The first-order valence-electron chi connectivity index (χ1n) is 11.8. The van der Waals surface area contributed by atoms with Gasteiger partial charge in [0.1, 0.15) is 23.3 Å². The highest BCUT2D eigenvalue weighted by Gasteiger charge is 2.46. The third-order valence-corrected chi connectivity index (χ3v) is 6.91. The highest BCUT2D eigenvalue weighted by atomic mass is 19.3. The van der Waals surface area contributed by atoms with Crippen LogP contribution in [-0.4, -0.2) is 33.5 Å². The van der Waals surface area contributed by atoms with Gasteiger partial charge in [0.25, 0.3) is 12.3 Å². The zero-order valence-corrected chi connectivity index (χ0v) is 20.0. The van der Waals surface area contributed by atoms with E-state index in [0.29, 0.717) is 47.1 Å². The summed E-state index contributed by atoms with van der Waals surface area (Å²) in [6.45, 7) is 5.77. The number of fused-ring (bicyclic) bond motifs is 1. The van der Waals surface area contributed by atoms with Crippen molar-refractivity contribution in [3.63, 3.8) is 0 Å².